The van der Waals surface area contributed by atoms with Crippen molar-refractivity contribution < 1.29 is 9.90 Å². The number of hydrogen-bond donors (Lipinski definition) is 1. The van der Waals surface area contributed by atoms with E-state index in [4.69, 9.17) is 5.11 Å². The molecule has 2 rings (SSSR count). The van der Waals surface area contributed by atoms with Crippen LogP contribution in [-0.2, 0) is 4.79 Å². The first-order valence-electron chi connectivity index (χ1n) is 6.90. The van der Waals surface area contributed by atoms with Crippen molar-refractivity contribution in [3.8, 4) is 0 Å². The number of hydrogen-bond acceptors (Lipinski definition) is 3. The first-order valence-corrected chi connectivity index (χ1v) is 6.90. The lowest BCUT2D eigenvalue weighted by atomic mass is 10.2. The third kappa shape index (κ3) is 5.04. The Balaban J connectivity index is 1.50. The van der Waals surface area contributed by atoms with E-state index in [1.165, 1.54) is 45.6 Å². The standard InChI is InChI=1S/C13H24N2O2/c16-13(17)3-1-2-6-14-7-9-15(10-8-14)11-12-4-5-12/h12H,1-11H2,(H,16,17). The normalized spacial score (nSPS) is 22.8. The van der Waals surface area contributed by atoms with Crippen LogP contribution in [0.1, 0.15) is 32.1 Å². The summed E-state index contributed by atoms with van der Waals surface area (Å²) < 4.78 is 0. The lowest BCUT2D eigenvalue weighted by Gasteiger charge is -2.34. The van der Waals surface area contributed by atoms with Crippen molar-refractivity contribution in [2.45, 2.75) is 32.1 Å². The van der Waals surface area contributed by atoms with E-state index in [-0.39, 0.29) is 0 Å². The number of unbranched alkanes of at least 4 members (excludes halogenated alkanes) is 1. The molecule has 1 aliphatic carbocycles. The van der Waals surface area contributed by atoms with Crippen molar-refractivity contribution in [2.24, 2.45) is 5.92 Å². The van der Waals surface area contributed by atoms with Gasteiger partial charge in [-0.2, -0.15) is 0 Å². The number of carboxylic acid groups (broad SMARTS) is 1. The highest BCUT2D eigenvalue weighted by Gasteiger charge is 2.26. The van der Waals surface area contributed by atoms with Gasteiger partial charge in [0.2, 0.25) is 0 Å². The zero-order valence-electron chi connectivity index (χ0n) is 10.6. The van der Waals surface area contributed by atoms with Gasteiger partial charge in [-0.25, -0.2) is 0 Å². The molecule has 4 heteroatoms. The number of nitrogens with zero attached hydrogens (tertiary/aromatic N) is 2. The van der Waals surface area contributed by atoms with E-state index in [0.29, 0.717) is 6.42 Å². The zero-order chi connectivity index (χ0) is 12.1. The highest BCUT2D eigenvalue weighted by molar-refractivity contribution is 5.66. The Labute approximate surface area is 104 Å². The smallest absolute Gasteiger partial charge is 0.303 e. The number of piperazine rings is 1. The summed E-state index contributed by atoms with van der Waals surface area (Å²) in [5, 5.41) is 8.55. The minimum absolute atomic E-state index is 0.321. The van der Waals surface area contributed by atoms with Crippen molar-refractivity contribution in [1.82, 2.24) is 9.80 Å². The van der Waals surface area contributed by atoms with Crippen LogP contribution >= 0.6 is 0 Å². The maximum absolute atomic E-state index is 10.4. The molecule has 0 unspecified atom stereocenters. The zero-order valence-corrected chi connectivity index (χ0v) is 10.6. The van der Waals surface area contributed by atoms with Gasteiger partial charge in [0.25, 0.3) is 0 Å². The Morgan fingerprint density at radius 1 is 1.06 bits per heavy atom. The molecule has 1 saturated carbocycles. The molecule has 1 saturated heterocycles. The summed E-state index contributed by atoms with van der Waals surface area (Å²) in [5.41, 5.74) is 0. The fraction of sp³-hybridized carbons (Fsp3) is 0.923. The maximum Gasteiger partial charge on any atom is 0.303 e. The van der Waals surface area contributed by atoms with Crippen LogP contribution < -0.4 is 0 Å². The van der Waals surface area contributed by atoms with Gasteiger partial charge < -0.3 is 14.9 Å². The summed E-state index contributed by atoms with van der Waals surface area (Å²) in [7, 11) is 0. The molecule has 1 heterocycles. The summed E-state index contributed by atoms with van der Waals surface area (Å²) in [4.78, 5) is 15.4. The van der Waals surface area contributed by atoms with Crippen molar-refractivity contribution in [1.29, 1.82) is 0 Å². The second-order valence-electron chi connectivity index (χ2n) is 5.44. The molecule has 2 aliphatic rings. The average Bonchev–Trinajstić information content (AvgIpc) is 3.10. The molecule has 0 spiro atoms. The van der Waals surface area contributed by atoms with Crippen LogP contribution in [0.2, 0.25) is 0 Å². The topological polar surface area (TPSA) is 43.8 Å². The highest BCUT2D eigenvalue weighted by Crippen LogP contribution is 2.29. The molecular formula is C13H24N2O2. The van der Waals surface area contributed by atoms with Gasteiger partial charge in [-0.3, -0.25) is 4.79 Å². The van der Waals surface area contributed by atoms with Gasteiger partial charge in [0.1, 0.15) is 0 Å². The molecular weight excluding hydrogens is 216 g/mol. The van der Waals surface area contributed by atoms with Crippen LogP contribution in [0.3, 0.4) is 0 Å². The molecule has 0 aromatic heterocycles. The van der Waals surface area contributed by atoms with E-state index in [2.05, 4.69) is 9.80 Å². The molecule has 0 aromatic rings. The molecule has 0 atom stereocenters. The number of rotatable bonds is 7. The van der Waals surface area contributed by atoms with Gasteiger partial charge in [0.15, 0.2) is 0 Å². The molecule has 0 aromatic carbocycles. The first-order chi connectivity index (χ1) is 8.24. The predicted molar refractivity (Wildman–Crippen MR) is 67.1 cm³/mol. The summed E-state index contributed by atoms with van der Waals surface area (Å²) in [6.07, 6.45) is 5.04. The highest BCUT2D eigenvalue weighted by atomic mass is 16.4. The van der Waals surface area contributed by atoms with Crippen molar-refractivity contribution in [2.75, 3.05) is 39.3 Å². The quantitative estimate of drug-likeness (QED) is 0.681. The van der Waals surface area contributed by atoms with Crippen LogP contribution in [-0.4, -0.2) is 60.1 Å². The summed E-state index contributed by atoms with van der Waals surface area (Å²) in [6.45, 7) is 7.13. The van der Waals surface area contributed by atoms with Crippen LogP contribution in [0.15, 0.2) is 0 Å². The van der Waals surface area contributed by atoms with E-state index in [1.54, 1.807) is 0 Å². The molecule has 4 nitrogen and oxygen atoms in total. The van der Waals surface area contributed by atoms with E-state index in [0.717, 1.165) is 25.3 Å². The fourth-order valence-corrected chi connectivity index (χ4v) is 2.47. The number of aliphatic carboxylic acids is 1. The van der Waals surface area contributed by atoms with Crippen molar-refractivity contribution in [3.63, 3.8) is 0 Å². The summed E-state index contributed by atoms with van der Waals surface area (Å²) in [5.74, 6) is 0.330. The molecule has 17 heavy (non-hydrogen) atoms. The van der Waals surface area contributed by atoms with Gasteiger partial charge >= 0.3 is 5.97 Å². The minimum atomic E-state index is -0.667. The van der Waals surface area contributed by atoms with Crippen molar-refractivity contribution in [3.05, 3.63) is 0 Å². The molecule has 0 bridgehead atoms. The lowest BCUT2D eigenvalue weighted by molar-refractivity contribution is -0.137. The Bertz CT molecular complexity index is 246. The largest absolute Gasteiger partial charge is 0.481 e. The Morgan fingerprint density at radius 2 is 1.71 bits per heavy atom. The van der Waals surface area contributed by atoms with Crippen LogP contribution in [0.5, 0.6) is 0 Å². The van der Waals surface area contributed by atoms with E-state index in [1.807, 2.05) is 0 Å². The monoisotopic (exact) mass is 240 g/mol. The second-order valence-corrected chi connectivity index (χ2v) is 5.44. The van der Waals surface area contributed by atoms with Crippen LogP contribution in [0, 0.1) is 5.92 Å². The van der Waals surface area contributed by atoms with Gasteiger partial charge in [-0.1, -0.05) is 0 Å². The Hall–Kier alpha value is -0.610. The van der Waals surface area contributed by atoms with Gasteiger partial charge in [0, 0.05) is 39.1 Å². The van der Waals surface area contributed by atoms with E-state index >= 15 is 0 Å². The summed E-state index contributed by atoms with van der Waals surface area (Å²) in [6, 6.07) is 0. The molecule has 0 radical (unpaired) electrons. The van der Waals surface area contributed by atoms with Crippen LogP contribution in [0.25, 0.3) is 0 Å². The number of carbonyl (C=O) groups is 1. The molecule has 98 valence electrons. The SMILES string of the molecule is O=C(O)CCCCN1CCN(CC2CC2)CC1. The van der Waals surface area contributed by atoms with Gasteiger partial charge in [-0.15, -0.1) is 0 Å². The second kappa shape index (κ2) is 6.36. The van der Waals surface area contributed by atoms with Crippen molar-refractivity contribution >= 4 is 5.97 Å². The minimum Gasteiger partial charge on any atom is -0.481 e. The third-order valence-corrected chi connectivity index (χ3v) is 3.79. The van der Waals surface area contributed by atoms with E-state index in [9.17, 15) is 4.79 Å². The van der Waals surface area contributed by atoms with Crippen LogP contribution in [0.4, 0.5) is 0 Å². The fourth-order valence-electron chi connectivity index (χ4n) is 2.47. The first kappa shape index (κ1) is 12.8. The van der Waals surface area contributed by atoms with Gasteiger partial charge in [0.05, 0.1) is 0 Å². The average molecular weight is 240 g/mol. The molecule has 1 aliphatic heterocycles. The Morgan fingerprint density at radius 3 is 2.29 bits per heavy atom. The predicted octanol–water partition coefficient (Wildman–Crippen LogP) is 1.27. The molecule has 1 N–H and O–H groups in total. The lowest BCUT2D eigenvalue weighted by Crippen LogP contribution is -2.47. The van der Waals surface area contributed by atoms with Gasteiger partial charge in [-0.05, 0) is 38.1 Å². The maximum atomic E-state index is 10.4. The number of carboxylic acids is 1. The third-order valence-electron chi connectivity index (χ3n) is 3.79. The Kier molecular flexibility index (Phi) is 4.80. The summed E-state index contributed by atoms with van der Waals surface area (Å²) >= 11 is 0. The van der Waals surface area contributed by atoms with E-state index < -0.39 is 5.97 Å². The molecule has 2 fully saturated rings. The molecule has 0 amide bonds.